The number of thiophene rings is 1. The van der Waals surface area contributed by atoms with Gasteiger partial charge in [0.15, 0.2) is 0 Å². The van der Waals surface area contributed by atoms with Gasteiger partial charge < -0.3 is 5.73 Å². The maximum absolute atomic E-state index is 5.80. The number of aryl methyl sites for hydroxylation is 1. The first-order chi connectivity index (χ1) is 8.42. The van der Waals surface area contributed by atoms with E-state index in [1.807, 2.05) is 19.1 Å². The SMILES string of the molecule is Cc1cc(-c2ccc(Br)s2)nc(C(C)(C)CN)n1. The van der Waals surface area contributed by atoms with Crippen molar-refractivity contribution in [1.29, 1.82) is 0 Å². The Morgan fingerprint density at radius 1 is 1.33 bits per heavy atom. The van der Waals surface area contributed by atoms with Crippen LogP contribution in [0.25, 0.3) is 10.6 Å². The maximum Gasteiger partial charge on any atom is 0.136 e. The normalized spacial score (nSPS) is 11.8. The van der Waals surface area contributed by atoms with Crippen LogP contribution in [-0.2, 0) is 5.41 Å². The van der Waals surface area contributed by atoms with Crippen LogP contribution in [0, 0.1) is 6.92 Å². The fraction of sp³-hybridized carbons (Fsp3) is 0.385. The lowest BCUT2D eigenvalue weighted by Gasteiger charge is -2.21. The molecular formula is C13H16BrN3S. The van der Waals surface area contributed by atoms with E-state index in [1.165, 1.54) is 0 Å². The van der Waals surface area contributed by atoms with E-state index in [4.69, 9.17) is 5.73 Å². The van der Waals surface area contributed by atoms with Crippen LogP contribution in [0.3, 0.4) is 0 Å². The molecule has 18 heavy (non-hydrogen) atoms. The lowest BCUT2D eigenvalue weighted by atomic mass is 9.92. The maximum atomic E-state index is 5.80. The summed E-state index contributed by atoms with van der Waals surface area (Å²) in [4.78, 5) is 10.3. The van der Waals surface area contributed by atoms with Crippen LogP contribution in [0.5, 0.6) is 0 Å². The van der Waals surface area contributed by atoms with Gasteiger partial charge in [-0.15, -0.1) is 11.3 Å². The first-order valence-corrected chi connectivity index (χ1v) is 7.35. The molecule has 0 bridgehead atoms. The highest BCUT2D eigenvalue weighted by Gasteiger charge is 2.23. The molecule has 2 aromatic heterocycles. The number of aromatic nitrogens is 2. The Bertz CT molecular complexity index is 563. The van der Waals surface area contributed by atoms with Gasteiger partial charge in [0.1, 0.15) is 5.82 Å². The van der Waals surface area contributed by atoms with E-state index in [2.05, 4.69) is 45.8 Å². The Labute approximate surface area is 120 Å². The van der Waals surface area contributed by atoms with Crippen LogP contribution in [0.4, 0.5) is 0 Å². The Morgan fingerprint density at radius 2 is 2.06 bits per heavy atom. The minimum absolute atomic E-state index is 0.199. The van der Waals surface area contributed by atoms with Crippen molar-refractivity contribution in [3.8, 4) is 10.6 Å². The third-order valence-corrected chi connectivity index (χ3v) is 4.44. The molecule has 0 aromatic carbocycles. The number of rotatable bonds is 3. The molecule has 0 aliphatic rings. The standard InChI is InChI=1S/C13H16BrN3S/c1-8-6-9(10-4-5-11(14)18-10)17-12(16-8)13(2,3)7-15/h4-6H,7,15H2,1-3H3. The Kier molecular flexibility index (Phi) is 3.84. The third-order valence-electron chi connectivity index (χ3n) is 2.80. The first-order valence-electron chi connectivity index (χ1n) is 5.74. The van der Waals surface area contributed by atoms with Gasteiger partial charge in [0.2, 0.25) is 0 Å². The Balaban J connectivity index is 2.51. The van der Waals surface area contributed by atoms with E-state index >= 15 is 0 Å². The van der Waals surface area contributed by atoms with Crippen molar-refractivity contribution >= 4 is 27.3 Å². The lowest BCUT2D eigenvalue weighted by Crippen LogP contribution is -2.30. The molecule has 0 aliphatic heterocycles. The molecule has 3 nitrogen and oxygen atoms in total. The van der Waals surface area contributed by atoms with Crippen molar-refractivity contribution in [2.75, 3.05) is 6.54 Å². The second-order valence-electron chi connectivity index (χ2n) is 4.91. The summed E-state index contributed by atoms with van der Waals surface area (Å²) in [5.74, 6) is 0.810. The van der Waals surface area contributed by atoms with Crippen molar-refractivity contribution < 1.29 is 0 Å². The summed E-state index contributed by atoms with van der Waals surface area (Å²) in [6, 6.07) is 6.11. The van der Waals surface area contributed by atoms with Gasteiger partial charge in [0.05, 0.1) is 14.4 Å². The minimum atomic E-state index is -0.199. The third kappa shape index (κ3) is 2.79. The van der Waals surface area contributed by atoms with Crippen LogP contribution in [-0.4, -0.2) is 16.5 Å². The monoisotopic (exact) mass is 325 g/mol. The zero-order valence-electron chi connectivity index (χ0n) is 10.7. The quantitative estimate of drug-likeness (QED) is 0.939. The summed E-state index contributed by atoms with van der Waals surface area (Å²) in [6.07, 6.45) is 0. The highest BCUT2D eigenvalue weighted by molar-refractivity contribution is 9.11. The molecule has 0 atom stereocenters. The smallest absolute Gasteiger partial charge is 0.136 e. The fourth-order valence-electron chi connectivity index (χ4n) is 1.54. The summed E-state index contributed by atoms with van der Waals surface area (Å²) in [7, 11) is 0. The lowest BCUT2D eigenvalue weighted by molar-refractivity contribution is 0.501. The van der Waals surface area contributed by atoms with Gasteiger partial charge in [-0.2, -0.15) is 0 Å². The van der Waals surface area contributed by atoms with Crippen LogP contribution < -0.4 is 5.73 Å². The van der Waals surface area contributed by atoms with Crippen molar-refractivity contribution in [2.24, 2.45) is 5.73 Å². The molecule has 5 heteroatoms. The van der Waals surface area contributed by atoms with Gasteiger partial charge >= 0.3 is 0 Å². The molecule has 2 heterocycles. The average Bonchev–Trinajstić information content (AvgIpc) is 2.75. The molecule has 96 valence electrons. The van der Waals surface area contributed by atoms with E-state index in [0.717, 1.165) is 25.9 Å². The zero-order valence-corrected chi connectivity index (χ0v) is 13.1. The predicted octanol–water partition coefficient (Wildman–Crippen LogP) is 3.51. The highest BCUT2D eigenvalue weighted by Crippen LogP contribution is 2.31. The Morgan fingerprint density at radius 3 is 2.61 bits per heavy atom. The molecule has 0 saturated carbocycles. The van der Waals surface area contributed by atoms with E-state index in [-0.39, 0.29) is 5.41 Å². The molecule has 2 rings (SSSR count). The van der Waals surface area contributed by atoms with Gasteiger partial charge in [-0.3, -0.25) is 0 Å². The highest BCUT2D eigenvalue weighted by atomic mass is 79.9. The van der Waals surface area contributed by atoms with Crippen LogP contribution >= 0.6 is 27.3 Å². The second kappa shape index (κ2) is 5.07. The van der Waals surface area contributed by atoms with Gasteiger partial charge in [0.25, 0.3) is 0 Å². The first kappa shape index (κ1) is 13.6. The average molecular weight is 326 g/mol. The van der Waals surface area contributed by atoms with E-state index in [0.29, 0.717) is 6.54 Å². The van der Waals surface area contributed by atoms with Gasteiger partial charge in [-0.05, 0) is 41.1 Å². The molecule has 0 radical (unpaired) electrons. The van der Waals surface area contributed by atoms with Crippen LogP contribution in [0.1, 0.15) is 25.4 Å². The topological polar surface area (TPSA) is 51.8 Å². The molecule has 2 aromatic rings. The summed E-state index contributed by atoms with van der Waals surface area (Å²) in [5.41, 5.74) is 7.54. The van der Waals surface area contributed by atoms with E-state index in [9.17, 15) is 0 Å². The molecule has 0 unspecified atom stereocenters. The van der Waals surface area contributed by atoms with Gasteiger partial charge in [0, 0.05) is 17.7 Å². The number of hydrogen-bond donors (Lipinski definition) is 1. The number of nitrogens with zero attached hydrogens (tertiary/aromatic N) is 2. The van der Waals surface area contributed by atoms with Crippen LogP contribution in [0.2, 0.25) is 0 Å². The predicted molar refractivity (Wildman–Crippen MR) is 79.9 cm³/mol. The fourth-order valence-corrected chi connectivity index (χ4v) is 2.89. The number of hydrogen-bond acceptors (Lipinski definition) is 4. The Hall–Kier alpha value is -0.780. The van der Waals surface area contributed by atoms with Crippen molar-refractivity contribution in [2.45, 2.75) is 26.2 Å². The molecule has 0 saturated heterocycles. The van der Waals surface area contributed by atoms with Crippen molar-refractivity contribution in [1.82, 2.24) is 9.97 Å². The van der Waals surface area contributed by atoms with Gasteiger partial charge in [-0.1, -0.05) is 13.8 Å². The second-order valence-corrected chi connectivity index (χ2v) is 7.37. The number of halogens is 1. The summed E-state index contributed by atoms with van der Waals surface area (Å²) in [5, 5.41) is 0. The largest absolute Gasteiger partial charge is 0.329 e. The molecule has 0 aliphatic carbocycles. The zero-order chi connectivity index (χ0) is 13.3. The molecular weight excluding hydrogens is 310 g/mol. The molecule has 0 amide bonds. The van der Waals surface area contributed by atoms with Gasteiger partial charge in [-0.25, -0.2) is 9.97 Å². The summed E-state index contributed by atoms with van der Waals surface area (Å²) >= 11 is 5.15. The van der Waals surface area contributed by atoms with E-state index < -0.39 is 0 Å². The molecule has 0 spiro atoms. The van der Waals surface area contributed by atoms with Crippen LogP contribution in [0.15, 0.2) is 22.0 Å². The van der Waals surface area contributed by atoms with Crippen molar-refractivity contribution in [3.05, 3.63) is 33.5 Å². The van der Waals surface area contributed by atoms with E-state index in [1.54, 1.807) is 11.3 Å². The molecule has 0 fully saturated rings. The molecule has 2 N–H and O–H groups in total. The number of nitrogens with two attached hydrogens (primary N) is 1. The summed E-state index contributed by atoms with van der Waals surface area (Å²) in [6.45, 7) is 6.65. The van der Waals surface area contributed by atoms with Crippen molar-refractivity contribution in [3.63, 3.8) is 0 Å². The minimum Gasteiger partial charge on any atom is -0.329 e. The summed E-state index contributed by atoms with van der Waals surface area (Å²) < 4.78 is 1.11.